The van der Waals surface area contributed by atoms with Crippen LogP contribution in [0.15, 0.2) is 18.2 Å². The van der Waals surface area contributed by atoms with E-state index in [0.29, 0.717) is 23.6 Å². The number of likely N-dealkylation sites (tertiary alicyclic amines) is 1. The van der Waals surface area contributed by atoms with E-state index in [1.807, 2.05) is 13.8 Å². The van der Waals surface area contributed by atoms with Gasteiger partial charge in [0.15, 0.2) is 0 Å². The maximum atomic E-state index is 12.5. The van der Waals surface area contributed by atoms with Gasteiger partial charge in [-0.05, 0) is 53.1 Å². The summed E-state index contributed by atoms with van der Waals surface area (Å²) in [5.41, 5.74) is -0.340. The van der Waals surface area contributed by atoms with E-state index >= 15 is 0 Å². The van der Waals surface area contributed by atoms with Crippen molar-refractivity contribution in [2.75, 3.05) is 13.1 Å². The first kappa shape index (κ1) is 16.5. The van der Waals surface area contributed by atoms with Gasteiger partial charge in [-0.3, -0.25) is 9.59 Å². The quantitative estimate of drug-likeness (QED) is 0.760. The van der Waals surface area contributed by atoms with Gasteiger partial charge in [0.05, 0.1) is 10.4 Å². The molecule has 4 nitrogen and oxygen atoms in total. The summed E-state index contributed by atoms with van der Waals surface area (Å²) < 4.78 is 0.884. The Morgan fingerprint density at radius 3 is 2.57 bits per heavy atom. The number of nitrogens with zero attached hydrogens (tertiary/aromatic N) is 1. The lowest BCUT2D eigenvalue weighted by Gasteiger charge is -2.28. The lowest BCUT2D eigenvalue weighted by molar-refractivity contribution is -0.150. The number of halogens is 2. The van der Waals surface area contributed by atoms with Gasteiger partial charge in [-0.1, -0.05) is 25.4 Å². The molecule has 114 valence electrons. The molecule has 1 aromatic rings. The molecule has 1 atom stereocenters. The second kappa shape index (κ2) is 6.12. The molecule has 1 aromatic carbocycles. The van der Waals surface area contributed by atoms with Crippen molar-refractivity contribution in [3.8, 4) is 0 Å². The molecule has 1 N–H and O–H groups in total. The SMILES string of the molecule is CC(C)C1(C(=O)O)CCN(C(=O)c2ccc(I)c(Cl)c2)C1. The van der Waals surface area contributed by atoms with Gasteiger partial charge in [0.1, 0.15) is 0 Å². The normalized spacial score (nSPS) is 21.9. The summed E-state index contributed by atoms with van der Waals surface area (Å²) in [6.07, 6.45) is 0.490. The molecule has 2 rings (SSSR count). The highest BCUT2D eigenvalue weighted by Crippen LogP contribution is 2.38. The van der Waals surface area contributed by atoms with Crippen LogP contribution in [-0.4, -0.2) is 35.0 Å². The van der Waals surface area contributed by atoms with Gasteiger partial charge >= 0.3 is 5.97 Å². The highest BCUT2D eigenvalue weighted by Gasteiger charge is 2.48. The van der Waals surface area contributed by atoms with Gasteiger partial charge < -0.3 is 10.0 Å². The Morgan fingerprint density at radius 1 is 1.43 bits per heavy atom. The van der Waals surface area contributed by atoms with Crippen molar-refractivity contribution >= 4 is 46.1 Å². The van der Waals surface area contributed by atoms with E-state index in [4.69, 9.17) is 11.6 Å². The molecule has 0 spiro atoms. The zero-order valence-electron chi connectivity index (χ0n) is 11.9. The van der Waals surface area contributed by atoms with Crippen LogP contribution in [-0.2, 0) is 4.79 Å². The van der Waals surface area contributed by atoms with E-state index in [1.54, 1.807) is 23.1 Å². The first-order valence-electron chi connectivity index (χ1n) is 6.75. The molecule has 1 heterocycles. The Hall–Kier alpha value is -0.820. The number of amides is 1. The fourth-order valence-corrected chi connectivity index (χ4v) is 3.23. The molecule has 1 saturated heterocycles. The fourth-order valence-electron chi connectivity index (χ4n) is 2.71. The summed E-state index contributed by atoms with van der Waals surface area (Å²) in [5.74, 6) is -1.00. The lowest BCUT2D eigenvalue weighted by atomic mass is 9.76. The monoisotopic (exact) mass is 421 g/mol. The van der Waals surface area contributed by atoms with Crippen LogP contribution in [0.4, 0.5) is 0 Å². The molecule has 1 aliphatic rings. The number of carbonyl (C=O) groups is 2. The molecule has 0 bridgehead atoms. The summed E-state index contributed by atoms with van der Waals surface area (Å²) in [5, 5.41) is 10.1. The zero-order chi connectivity index (χ0) is 15.8. The molecule has 1 amide bonds. The molecule has 0 aliphatic carbocycles. The Labute approximate surface area is 142 Å². The largest absolute Gasteiger partial charge is 0.481 e. The summed E-state index contributed by atoms with van der Waals surface area (Å²) >= 11 is 8.15. The van der Waals surface area contributed by atoms with Crippen molar-refractivity contribution in [2.24, 2.45) is 11.3 Å². The first-order valence-corrected chi connectivity index (χ1v) is 8.21. The number of hydrogen-bond donors (Lipinski definition) is 1. The number of hydrogen-bond acceptors (Lipinski definition) is 2. The van der Waals surface area contributed by atoms with Crippen LogP contribution in [0.3, 0.4) is 0 Å². The standard InChI is InChI=1S/C15H17ClINO3/c1-9(2)15(14(20)21)5-6-18(8-15)13(19)10-3-4-12(17)11(16)7-10/h3-4,7,9H,5-6,8H2,1-2H3,(H,20,21). The Balaban J connectivity index is 2.22. The van der Waals surface area contributed by atoms with Crippen molar-refractivity contribution < 1.29 is 14.7 Å². The van der Waals surface area contributed by atoms with Crippen LogP contribution in [0.1, 0.15) is 30.6 Å². The summed E-state index contributed by atoms with van der Waals surface area (Å²) in [4.78, 5) is 25.7. The van der Waals surface area contributed by atoms with E-state index in [0.717, 1.165) is 3.57 Å². The summed E-state index contributed by atoms with van der Waals surface area (Å²) in [6, 6.07) is 5.16. The number of benzene rings is 1. The van der Waals surface area contributed by atoms with Gasteiger partial charge in [0.25, 0.3) is 5.91 Å². The average Bonchev–Trinajstić information content (AvgIpc) is 2.87. The Morgan fingerprint density at radius 2 is 2.10 bits per heavy atom. The smallest absolute Gasteiger partial charge is 0.311 e. The highest BCUT2D eigenvalue weighted by molar-refractivity contribution is 14.1. The van der Waals surface area contributed by atoms with Crippen LogP contribution >= 0.6 is 34.2 Å². The van der Waals surface area contributed by atoms with Crippen LogP contribution in [0, 0.1) is 14.9 Å². The minimum Gasteiger partial charge on any atom is -0.481 e. The van der Waals surface area contributed by atoms with Gasteiger partial charge in [-0.2, -0.15) is 0 Å². The van der Waals surface area contributed by atoms with Crippen LogP contribution in [0.2, 0.25) is 5.02 Å². The molecule has 1 unspecified atom stereocenters. The number of aliphatic carboxylic acids is 1. The van der Waals surface area contributed by atoms with Crippen molar-refractivity contribution in [2.45, 2.75) is 20.3 Å². The van der Waals surface area contributed by atoms with Crippen molar-refractivity contribution in [3.05, 3.63) is 32.4 Å². The van der Waals surface area contributed by atoms with Gasteiger partial charge in [-0.25, -0.2) is 0 Å². The third-order valence-corrected chi connectivity index (χ3v) is 5.86. The Kier molecular flexibility index (Phi) is 4.82. The van der Waals surface area contributed by atoms with E-state index in [2.05, 4.69) is 22.6 Å². The van der Waals surface area contributed by atoms with E-state index in [-0.39, 0.29) is 18.4 Å². The maximum Gasteiger partial charge on any atom is 0.311 e. The zero-order valence-corrected chi connectivity index (χ0v) is 14.8. The Bertz CT molecular complexity index is 590. The van der Waals surface area contributed by atoms with E-state index in [1.165, 1.54) is 0 Å². The van der Waals surface area contributed by atoms with Crippen LogP contribution < -0.4 is 0 Å². The van der Waals surface area contributed by atoms with E-state index < -0.39 is 11.4 Å². The molecular weight excluding hydrogens is 405 g/mol. The lowest BCUT2D eigenvalue weighted by Crippen LogP contribution is -2.40. The highest BCUT2D eigenvalue weighted by atomic mass is 127. The summed E-state index contributed by atoms with van der Waals surface area (Å²) in [6.45, 7) is 4.50. The van der Waals surface area contributed by atoms with E-state index in [9.17, 15) is 14.7 Å². The first-order chi connectivity index (χ1) is 9.78. The van der Waals surface area contributed by atoms with Crippen molar-refractivity contribution in [1.82, 2.24) is 4.90 Å². The van der Waals surface area contributed by atoms with Crippen molar-refractivity contribution in [3.63, 3.8) is 0 Å². The molecule has 0 radical (unpaired) electrons. The number of rotatable bonds is 3. The molecule has 6 heteroatoms. The number of carbonyl (C=O) groups excluding carboxylic acids is 1. The van der Waals surface area contributed by atoms with Gasteiger partial charge in [0.2, 0.25) is 0 Å². The second-order valence-electron chi connectivity index (χ2n) is 5.72. The molecular formula is C15H17ClINO3. The molecule has 0 aromatic heterocycles. The minimum absolute atomic E-state index is 0.0203. The molecule has 1 aliphatic heterocycles. The average molecular weight is 422 g/mol. The third kappa shape index (κ3) is 3.04. The molecule has 0 saturated carbocycles. The summed E-state index contributed by atoms with van der Waals surface area (Å²) in [7, 11) is 0. The number of carboxylic acid groups (broad SMARTS) is 1. The maximum absolute atomic E-state index is 12.5. The third-order valence-electron chi connectivity index (χ3n) is 4.29. The van der Waals surface area contributed by atoms with Crippen molar-refractivity contribution in [1.29, 1.82) is 0 Å². The van der Waals surface area contributed by atoms with Crippen LogP contribution in [0.5, 0.6) is 0 Å². The topological polar surface area (TPSA) is 57.6 Å². The van der Waals surface area contributed by atoms with Gasteiger partial charge in [0, 0.05) is 22.2 Å². The minimum atomic E-state index is -0.845. The number of carboxylic acids is 1. The van der Waals surface area contributed by atoms with Gasteiger partial charge in [-0.15, -0.1) is 0 Å². The fraction of sp³-hybridized carbons (Fsp3) is 0.467. The molecule has 1 fully saturated rings. The predicted molar refractivity (Wildman–Crippen MR) is 89.6 cm³/mol. The predicted octanol–water partition coefficient (Wildman–Crippen LogP) is 3.52. The second-order valence-corrected chi connectivity index (χ2v) is 7.29. The van der Waals surface area contributed by atoms with Crippen LogP contribution in [0.25, 0.3) is 0 Å². The molecule has 21 heavy (non-hydrogen) atoms.